The normalized spacial score (nSPS) is 18.7. The summed E-state index contributed by atoms with van der Waals surface area (Å²) in [6.45, 7) is 0. The third-order valence-electron chi connectivity index (χ3n) is 2.99. The van der Waals surface area contributed by atoms with E-state index in [9.17, 15) is 0 Å². The summed E-state index contributed by atoms with van der Waals surface area (Å²) in [5, 5.41) is 1.22. The van der Waals surface area contributed by atoms with Gasteiger partial charge < -0.3 is 10.7 Å². The van der Waals surface area contributed by atoms with Crippen LogP contribution in [0, 0.1) is 0 Å². The van der Waals surface area contributed by atoms with E-state index in [0.29, 0.717) is 0 Å². The Morgan fingerprint density at radius 2 is 2.14 bits per heavy atom. The second-order valence-electron chi connectivity index (χ2n) is 4.02. The van der Waals surface area contributed by atoms with E-state index in [1.165, 1.54) is 16.5 Å². The fourth-order valence-electron chi connectivity index (χ4n) is 1.94. The number of fused-ring (bicyclic) bond motifs is 1. The zero-order valence-corrected chi connectivity index (χ0v) is 9.26. The van der Waals surface area contributed by atoms with Crippen LogP contribution >= 0.6 is 15.9 Å². The van der Waals surface area contributed by atoms with Gasteiger partial charge in [0.25, 0.3) is 0 Å². The smallest absolute Gasteiger partial charge is 0.0517 e. The number of para-hydroxylation sites is 1. The Labute approximate surface area is 90.6 Å². The van der Waals surface area contributed by atoms with Gasteiger partial charge >= 0.3 is 0 Å². The molecule has 0 saturated heterocycles. The van der Waals surface area contributed by atoms with Crippen molar-refractivity contribution < 1.29 is 0 Å². The minimum Gasteiger partial charge on any atom is -0.360 e. The van der Waals surface area contributed by atoms with Gasteiger partial charge in [-0.1, -0.05) is 18.2 Å². The van der Waals surface area contributed by atoms with Crippen molar-refractivity contribution in [3.8, 4) is 0 Å². The molecule has 0 radical (unpaired) electrons. The fourth-order valence-corrected chi connectivity index (χ4v) is 2.38. The van der Waals surface area contributed by atoms with Crippen molar-refractivity contribution in [2.45, 2.75) is 18.4 Å². The highest BCUT2D eigenvalue weighted by molar-refractivity contribution is 9.10. The minimum absolute atomic E-state index is 0.0657. The average molecular weight is 251 g/mol. The van der Waals surface area contributed by atoms with E-state index in [-0.39, 0.29) is 5.54 Å². The highest BCUT2D eigenvalue weighted by atomic mass is 79.9. The molecule has 0 bridgehead atoms. The van der Waals surface area contributed by atoms with Crippen molar-refractivity contribution in [1.82, 2.24) is 4.98 Å². The Balaban J connectivity index is 2.34. The van der Waals surface area contributed by atoms with Crippen LogP contribution in [0.4, 0.5) is 0 Å². The van der Waals surface area contributed by atoms with Gasteiger partial charge in [-0.05, 0) is 34.3 Å². The number of aromatic nitrogens is 1. The number of hydrogen-bond donors (Lipinski definition) is 2. The van der Waals surface area contributed by atoms with E-state index in [1.54, 1.807) is 0 Å². The molecule has 72 valence electrons. The van der Waals surface area contributed by atoms with E-state index in [2.05, 4.69) is 39.1 Å². The molecule has 1 aromatic heterocycles. The first-order valence-corrected chi connectivity index (χ1v) is 5.55. The number of nitrogens with one attached hydrogen (secondary N) is 1. The van der Waals surface area contributed by atoms with Gasteiger partial charge in [0.05, 0.1) is 5.52 Å². The lowest BCUT2D eigenvalue weighted by Gasteiger charge is -2.09. The number of benzene rings is 1. The summed E-state index contributed by atoms with van der Waals surface area (Å²) in [5.41, 5.74) is 8.57. The summed E-state index contributed by atoms with van der Waals surface area (Å²) in [6, 6.07) is 6.30. The molecule has 1 aliphatic rings. The monoisotopic (exact) mass is 250 g/mol. The highest BCUT2D eigenvalue weighted by Gasteiger charge is 2.41. The van der Waals surface area contributed by atoms with Crippen molar-refractivity contribution in [1.29, 1.82) is 0 Å². The second-order valence-corrected chi connectivity index (χ2v) is 4.88. The average Bonchev–Trinajstić information content (AvgIpc) is 2.83. The topological polar surface area (TPSA) is 41.8 Å². The van der Waals surface area contributed by atoms with Crippen LogP contribution in [0.2, 0.25) is 0 Å². The van der Waals surface area contributed by atoms with Crippen molar-refractivity contribution in [3.05, 3.63) is 34.4 Å². The van der Waals surface area contributed by atoms with Crippen LogP contribution in [0.1, 0.15) is 18.4 Å². The molecular formula is C11H11BrN2. The Hall–Kier alpha value is -0.800. The molecule has 1 saturated carbocycles. The molecule has 2 nitrogen and oxygen atoms in total. The van der Waals surface area contributed by atoms with E-state index < -0.39 is 0 Å². The molecule has 1 heterocycles. The van der Waals surface area contributed by atoms with E-state index in [1.807, 2.05) is 6.20 Å². The third kappa shape index (κ3) is 1.06. The molecule has 0 unspecified atom stereocenters. The summed E-state index contributed by atoms with van der Waals surface area (Å²) < 4.78 is 1.11. The van der Waals surface area contributed by atoms with E-state index in [4.69, 9.17) is 5.73 Å². The molecule has 3 N–H and O–H groups in total. The molecule has 3 rings (SSSR count). The van der Waals surface area contributed by atoms with Crippen molar-refractivity contribution in [2.24, 2.45) is 5.73 Å². The van der Waals surface area contributed by atoms with Crippen LogP contribution in [0.5, 0.6) is 0 Å². The molecule has 0 spiro atoms. The molecule has 1 aliphatic carbocycles. The van der Waals surface area contributed by atoms with Gasteiger partial charge in [-0.25, -0.2) is 0 Å². The second kappa shape index (κ2) is 2.61. The third-order valence-corrected chi connectivity index (χ3v) is 3.65. The Bertz CT molecular complexity index is 497. The minimum atomic E-state index is -0.0657. The maximum absolute atomic E-state index is 6.21. The Morgan fingerprint density at radius 1 is 1.36 bits per heavy atom. The lowest BCUT2D eigenvalue weighted by molar-refractivity contribution is 0.746. The lowest BCUT2D eigenvalue weighted by atomic mass is 10.0. The highest BCUT2D eigenvalue weighted by Crippen LogP contribution is 2.45. The SMILES string of the molecule is NC1(c2cccc3c(Br)c[nH]c23)CC1. The summed E-state index contributed by atoms with van der Waals surface area (Å²) in [6.07, 6.45) is 4.17. The van der Waals surface area contributed by atoms with Crippen LogP contribution in [0.15, 0.2) is 28.9 Å². The van der Waals surface area contributed by atoms with Crippen LogP contribution in [-0.2, 0) is 5.54 Å². The van der Waals surface area contributed by atoms with Crippen LogP contribution in [-0.4, -0.2) is 4.98 Å². The molecule has 0 atom stereocenters. The molecule has 0 amide bonds. The summed E-state index contributed by atoms with van der Waals surface area (Å²) >= 11 is 3.52. The Morgan fingerprint density at radius 3 is 2.86 bits per heavy atom. The molecule has 14 heavy (non-hydrogen) atoms. The van der Waals surface area contributed by atoms with E-state index >= 15 is 0 Å². The van der Waals surface area contributed by atoms with Crippen LogP contribution < -0.4 is 5.73 Å². The number of H-pyrrole nitrogens is 1. The maximum atomic E-state index is 6.21. The largest absolute Gasteiger partial charge is 0.360 e. The Kier molecular flexibility index (Phi) is 1.59. The van der Waals surface area contributed by atoms with Gasteiger partial charge in [0.1, 0.15) is 0 Å². The first-order valence-electron chi connectivity index (χ1n) is 4.76. The quantitative estimate of drug-likeness (QED) is 0.803. The molecule has 1 aromatic carbocycles. The summed E-state index contributed by atoms with van der Waals surface area (Å²) in [5.74, 6) is 0. The van der Waals surface area contributed by atoms with Crippen molar-refractivity contribution in [2.75, 3.05) is 0 Å². The molecule has 3 heteroatoms. The fraction of sp³-hybridized carbons (Fsp3) is 0.273. The van der Waals surface area contributed by atoms with Gasteiger partial charge in [-0.15, -0.1) is 0 Å². The van der Waals surface area contributed by atoms with Crippen molar-refractivity contribution in [3.63, 3.8) is 0 Å². The summed E-state index contributed by atoms with van der Waals surface area (Å²) in [4.78, 5) is 3.28. The standard InChI is InChI=1S/C11H11BrN2/c12-9-6-14-10-7(9)2-1-3-8(10)11(13)4-5-11/h1-3,6,14H,4-5,13H2. The van der Waals surface area contributed by atoms with Gasteiger partial charge in [-0.2, -0.15) is 0 Å². The van der Waals surface area contributed by atoms with Crippen LogP contribution in [0.25, 0.3) is 10.9 Å². The van der Waals surface area contributed by atoms with E-state index in [0.717, 1.165) is 17.3 Å². The molecule has 2 aromatic rings. The zero-order chi connectivity index (χ0) is 9.76. The summed E-state index contributed by atoms with van der Waals surface area (Å²) in [7, 11) is 0. The first kappa shape index (κ1) is 8.50. The van der Waals surface area contributed by atoms with Crippen molar-refractivity contribution >= 4 is 26.8 Å². The predicted molar refractivity (Wildman–Crippen MR) is 61.1 cm³/mol. The number of nitrogens with two attached hydrogens (primary N) is 1. The number of halogens is 1. The lowest BCUT2D eigenvalue weighted by Crippen LogP contribution is -2.18. The van der Waals surface area contributed by atoms with Gasteiger partial charge in [-0.3, -0.25) is 0 Å². The van der Waals surface area contributed by atoms with Gasteiger partial charge in [0.2, 0.25) is 0 Å². The predicted octanol–water partition coefficient (Wildman–Crippen LogP) is 2.88. The van der Waals surface area contributed by atoms with Gasteiger partial charge in [0.15, 0.2) is 0 Å². The molecular weight excluding hydrogens is 240 g/mol. The number of hydrogen-bond acceptors (Lipinski definition) is 1. The van der Waals surface area contributed by atoms with Crippen LogP contribution in [0.3, 0.4) is 0 Å². The molecule has 1 fully saturated rings. The zero-order valence-electron chi connectivity index (χ0n) is 7.68. The molecule has 0 aliphatic heterocycles. The number of aromatic amines is 1. The van der Waals surface area contributed by atoms with Gasteiger partial charge in [0, 0.05) is 21.6 Å². The first-order chi connectivity index (χ1) is 6.71. The number of rotatable bonds is 1. The maximum Gasteiger partial charge on any atom is 0.0517 e.